The summed E-state index contributed by atoms with van der Waals surface area (Å²) in [5.41, 5.74) is 2.56. The van der Waals surface area contributed by atoms with E-state index in [1.165, 1.54) is 12.0 Å². The van der Waals surface area contributed by atoms with Crippen LogP contribution >= 0.6 is 23.4 Å². The van der Waals surface area contributed by atoms with Crippen molar-refractivity contribution in [2.45, 2.75) is 62.7 Å². The summed E-state index contributed by atoms with van der Waals surface area (Å²) in [7, 11) is 4.10. The van der Waals surface area contributed by atoms with Crippen molar-refractivity contribution in [2.24, 2.45) is 5.41 Å². The Morgan fingerprint density at radius 2 is 1.85 bits per heavy atom. The Kier molecular flexibility index (Phi) is 9.59. The van der Waals surface area contributed by atoms with E-state index in [-0.39, 0.29) is 16.9 Å². The molecule has 40 heavy (non-hydrogen) atoms. The number of halogens is 1. The number of aromatic nitrogens is 2. The minimum Gasteiger partial charge on any atom is -0.366 e. The lowest BCUT2D eigenvalue weighted by Gasteiger charge is -2.45. The van der Waals surface area contributed by atoms with E-state index in [2.05, 4.69) is 38.0 Å². The molecule has 1 saturated carbocycles. The van der Waals surface area contributed by atoms with Crippen molar-refractivity contribution >= 4 is 40.7 Å². The van der Waals surface area contributed by atoms with E-state index < -0.39 is 0 Å². The summed E-state index contributed by atoms with van der Waals surface area (Å²) in [6.07, 6.45) is 21.0. The molecule has 0 unspecified atom stereocenters. The third-order valence-electron chi connectivity index (χ3n) is 8.66. The smallest absolute Gasteiger partial charge is 0.287 e. The summed E-state index contributed by atoms with van der Waals surface area (Å²) in [4.78, 5) is 35.1. The molecule has 1 aromatic heterocycles. The number of anilines is 1. The number of hydrogen-bond acceptors (Lipinski definition) is 6. The Morgan fingerprint density at radius 1 is 1.07 bits per heavy atom. The first-order valence-corrected chi connectivity index (χ1v) is 16.1. The summed E-state index contributed by atoms with van der Waals surface area (Å²) in [6.45, 7) is 3.59. The van der Waals surface area contributed by atoms with Crippen molar-refractivity contribution in [3.05, 3.63) is 57.5 Å². The Bertz CT molecular complexity index is 1270. The summed E-state index contributed by atoms with van der Waals surface area (Å²) >= 11 is 7.88. The third-order valence-corrected chi connectivity index (χ3v) is 10.0. The number of piperazine rings is 1. The van der Waals surface area contributed by atoms with Gasteiger partial charge in [0.15, 0.2) is 0 Å². The van der Waals surface area contributed by atoms with Crippen LogP contribution in [-0.2, 0) is 4.79 Å². The van der Waals surface area contributed by atoms with Crippen molar-refractivity contribution in [1.29, 1.82) is 0 Å². The van der Waals surface area contributed by atoms with E-state index >= 15 is 0 Å². The molecule has 0 aromatic carbocycles. The van der Waals surface area contributed by atoms with Crippen LogP contribution in [0.5, 0.6) is 0 Å². The molecule has 9 heteroatoms. The van der Waals surface area contributed by atoms with E-state index in [0.29, 0.717) is 26.2 Å². The maximum absolute atomic E-state index is 14.2. The lowest BCUT2D eigenvalue weighted by Crippen LogP contribution is -2.54. The largest absolute Gasteiger partial charge is 0.366 e. The van der Waals surface area contributed by atoms with Crippen LogP contribution in [0.25, 0.3) is 5.70 Å². The first-order valence-electron chi connectivity index (χ1n) is 14.8. The second-order valence-corrected chi connectivity index (χ2v) is 13.2. The fourth-order valence-electron chi connectivity index (χ4n) is 6.35. The fraction of sp³-hybridized carbons (Fsp3) is 0.581. The summed E-state index contributed by atoms with van der Waals surface area (Å²) in [5.74, 6) is 1.11. The average molecular weight is 584 g/mol. The SMILES string of the molecule is CN(C)CCSc1c(N2CCN(C(=O)C3(C4=CC=C(Cl)CC4)CCCCC3)CC2)cnn(C2=CCCC=C2)c1=O. The highest BCUT2D eigenvalue weighted by atomic mass is 35.5. The molecule has 0 radical (unpaired) electrons. The van der Waals surface area contributed by atoms with Crippen LogP contribution in [0, 0.1) is 5.41 Å². The van der Waals surface area contributed by atoms with Crippen LogP contribution in [-0.4, -0.2) is 78.1 Å². The Morgan fingerprint density at radius 3 is 2.50 bits per heavy atom. The van der Waals surface area contributed by atoms with E-state index in [1.807, 2.05) is 32.4 Å². The molecule has 1 amide bonds. The lowest BCUT2D eigenvalue weighted by atomic mass is 9.66. The van der Waals surface area contributed by atoms with Crippen LogP contribution in [0.1, 0.15) is 57.8 Å². The van der Waals surface area contributed by atoms with Gasteiger partial charge in [-0.1, -0.05) is 54.7 Å². The minimum absolute atomic E-state index is 0.0605. The molecule has 2 heterocycles. The molecule has 5 rings (SSSR count). The van der Waals surface area contributed by atoms with Crippen molar-refractivity contribution in [2.75, 3.05) is 57.5 Å². The van der Waals surface area contributed by atoms with Gasteiger partial charge in [-0.05, 0) is 64.8 Å². The van der Waals surface area contributed by atoms with Crippen molar-refractivity contribution in [1.82, 2.24) is 19.6 Å². The number of allylic oxidation sites excluding steroid dienone is 7. The summed E-state index contributed by atoms with van der Waals surface area (Å²) in [6, 6.07) is 0. The second kappa shape index (κ2) is 13.1. The molecule has 1 saturated heterocycles. The number of hydrogen-bond donors (Lipinski definition) is 0. The molecule has 1 aliphatic heterocycles. The predicted octanol–water partition coefficient (Wildman–Crippen LogP) is 5.53. The minimum atomic E-state index is -0.384. The average Bonchev–Trinajstić information content (AvgIpc) is 2.98. The fourth-order valence-corrected chi connectivity index (χ4v) is 7.71. The molecule has 0 N–H and O–H groups in total. The molecule has 0 spiro atoms. The van der Waals surface area contributed by atoms with Gasteiger partial charge < -0.3 is 14.7 Å². The zero-order chi connectivity index (χ0) is 28.1. The van der Waals surface area contributed by atoms with Gasteiger partial charge >= 0.3 is 0 Å². The highest BCUT2D eigenvalue weighted by Gasteiger charge is 2.45. The van der Waals surface area contributed by atoms with Gasteiger partial charge in [0.2, 0.25) is 5.91 Å². The number of rotatable bonds is 8. The van der Waals surface area contributed by atoms with Crippen LogP contribution < -0.4 is 10.5 Å². The number of amides is 1. The molecule has 0 bridgehead atoms. The van der Waals surface area contributed by atoms with Crippen molar-refractivity contribution < 1.29 is 4.79 Å². The molecular weight excluding hydrogens is 542 g/mol. The molecule has 1 aromatic rings. The third kappa shape index (κ3) is 6.29. The quantitative estimate of drug-likeness (QED) is 0.375. The highest BCUT2D eigenvalue weighted by molar-refractivity contribution is 7.99. The Labute approximate surface area is 247 Å². The second-order valence-electron chi connectivity index (χ2n) is 11.6. The topological polar surface area (TPSA) is 61.7 Å². The zero-order valence-corrected chi connectivity index (χ0v) is 25.5. The number of carbonyl (C=O) groups is 1. The standard InChI is InChI=1S/C31H42ClN5O2S/c1-34(2)21-22-40-28-27(23-33-37(29(28)38)26-9-5-3-6-10-26)35-17-19-36(20-18-35)30(39)31(15-7-4-8-16-31)24-11-13-25(32)14-12-24/h5,9-11,13,23H,3-4,6-8,12,14-22H2,1-2H3. The van der Waals surface area contributed by atoms with E-state index in [1.54, 1.807) is 16.4 Å². The van der Waals surface area contributed by atoms with Gasteiger partial charge in [-0.2, -0.15) is 9.78 Å². The van der Waals surface area contributed by atoms with Crippen molar-refractivity contribution in [3.63, 3.8) is 0 Å². The molecule has 0 atom stereocenters. The number of carbonyl (C=O) groups excluding carboxylic acids is 1. The molecule has 216 valence electrons. The van der Waals surface area contributed by atoms with E-state index in [0.717, 1.165) is 85.0 Å². The van der Waals surface area contributed by atoms with Crippen LogP contribution in [0.3, 0.4) is 0 Å². The lowest BCUT2D eigenvalue weighted by molar-refractivity contribution is -0.142. The Hall–Kier alpha value is -2.29. The molecule has 4 aliphatic rings. The van der Waals surface area contributed by atoms with Crippen LogP contribution in [0.15, 0.2) is 56.9 Å². The normalized spacial score (nSPS) is 21.2. The first-order chi connectivity index (χ1) is 19.4. The predicted molar refractivity (Wildman–Crippen MR) is 166 cm³/mol. The van der Waals surface area contributed by atoms with Gasteiger partial charge in [-0.15, -0.1) is 11.8 Å². The number of thioether (sulfide) groups is 1. The van der Waals surface area contributed by atoms with Crippen LogP contribution in [0.2, 0.25) is 0 Å². The summed E-state index contributed by atoms with van der Waals surface area (Å²) in [5, 5.41) is 5.48. The molecular formula is C31H42ClN5O2S. The van der Waals surface area contributed by atoms with Gasteiger partial charge in [-0.3, -0.25) is 9.59 Å². The van der Waals surface area contributed by atoms with Gasteiger partial charge in [-0.25, -0.2) is 0 Å². The molecule has 3 aliphatic carbocycles. The highest BCUT2D eigenvalue weighted by Crippen LogP contribution is 2.47. The van der Waals surface area contributed by atoms with Gasteiger partial charge in [0.1, 0.15) is 0 Å². The van der Waals surface area contributed by atoms with Gasteiger partial charge in [0, 0.05) is 43.5 Å². The first kappa shape index (κ1) is 29.2. The zero-order valence-electron chi connectivity index (χ0n) is 23.9. The van der Waals surface area contributed by atoms with Gasteiger partial charge in [0.05, 0.1) is 27.9 Å². The van der Waals surface area contributed by atoms with E-state index in [9.17, 15) is 9.59 Å². The maximum atomic E-state index is 14.2. The molecule has 7 nitrogen and oxygen atoms in total. The van der Waals surface area contributed by atoms with Gasteiger partial charge in [0.25, 0.3) is 5.56 Å². The maximum Gasteiger partial charge on any atom is 0.287 e. The van der Waals surface area contributed by atoms with Crippen molar-refractivity contribution in [3.8, 4) is 0 Å². The monoisotopic (exact) mass is 583 g/mol. The molecule has 2 fully saturated rings. The van der Waals surface area contributed by atoms with E-state index in [4.69, 9.17) is 11.6 Å². The Balaban J connectivity index is 1.35. The number of nitrogens with zero attached hydrogens (tertiary/aromatic N) is 5. The van der Waals surface area contributed by atoms with Crippen LogP contribution in [0.4, 0.5) is 5.69 Å². The summed E-state index contributed by atoms with van der Waals surface area (Å²) < 4.78 is 1.54.